The van der Waals surface area contributed by atoms with Gasteiger partial charge in [-0.2, -0.15) is 5.26 Å². The maximum absolute atomic E-state index is 12.3. The number of rotatable bonds is 6. The first kappa shape index (κ1) is 19.9. The molecule has 28 heavy (non-hydrogen) atoms. The Morgan fingerprint density at radius 2 is 1.82 bits per heavy atom. The molecule has 2 aromatic carbocycles. The minimum absolute atomic E-state index is 0.0571. The standard InChI is InChI=1S/C22H23ClN4O/c23-19-6-8-21(9-7-19)26-22(28)18(14-24)15-25-20-10-12-27(13-11-20)16-17-4-2-1-3-5-17/h1-9,15,20,25H,10-13,16H2,(H,26,28)/b18-15-. The molecule has 2 N–H and O–H groups in total. The lowest BCUT2D eigenvalue weighted by atomic mass is 10.0. The van der Waals surface area contributed by atoms with Gasteiger partial charge >= 0.3 is 0 Å². The van der Waals surface area contributed by atoms with Crippen LogP contribution < -0.4 is 10.6 Å². The topological polar surface area (TPSA) is 68.2 Å². The van der Waals surface area contributed by atoms with Crippen molar-refractivity contribution in [3.63, 3.8) is 0 Å². The van der Waals surface area contributed by atoms with E-state index in [0.29, 0.717) is 10.7 Å². The van der Waals surface area contributed by atoms with Gasteiger partial charge in [0.25, 0.3) is 5.91 Å². The van der Waals surface area contributed by atoms with Crippen molar-refractivity contribution < 1.29 is 4.79 Å². The molecule has 0 unspecified atom stereocenters. The van der Waals surface area contributed by atoms with E-state index >= 15 is 0 Å². The molecule has 0 aromatic heterocycles. The van der Waals surface area contributed by atoms with Crippen molar-refractivity contribution in [2.45, 2.75) is 25.4 Å². The van der Waals surface area contributed by atoms with Crippen molar-refractivity contribution in [2.75, 3.05) is 18.4 Å². The van der Waals surface area contributed by atoms with Crippen LogP contribution in [0.3, 0.4) is 0 Å². The summed E-state index contributed by atoms with van der Waals surface area (Å²) in [6.45, 7) is 2.93. The lowest BCUT2D eigenvalue weighted by Crippen LogP contribution is -2.40. The number of nitriles is 1. The number of carbonyl (C=O) groups is 1. The molecule has 1 heterocycles. The molecule has 0 saturated carbocycles. The molecule has 1 amide bonds. The number of likely N-dealkylation sites (tertiary alicyclic amines) is 1. The number of benzene rings is 2. The monoisotopic (exact) mass is 394 g/mol. The molecule has 1 fully saturated rings. The van der Waals surface area contributed by atoms with Gasteiger partial charge in [0.1, 0.15) is 11.6 Å². The highest BCUT2D eigenvalue weighted by molar-refractivity contribution is 6.30. The van der Waals surface area contributed by atoms with Gasteiger partial charge in [-0.1, -0.05) is 41.9 Å². The summed E-state index contributed by atoms with van der Waals surface area (Å²) in [5.74, 6) is -0.432. The average Bonchev–Trinajstić information content (AvgIpc) is 2.72. The molecule has 144 valence electrons. The summed E-state index contributed by atoms with van der Waals surface area (Å²) in [5.41, 5.74) is 1.98. The van der Waals surface area contributed by atoms with Crippen LogP contribution >= 0.6 is 11.6 Å². The van der Waals surface area contributed by atoms with E-state index in [1.807, 2.05) is 12.1 Å². The van der Waals surface area contributed by atoms with Crippen LogP contribution in [0.15, 0.2) is 66.4 Å². The quantitative estimate of drug-likeness (QED) is 0.575. The Labute approximate surface area is 170 Å². The number of piperidine rings is 1. The fourth-order valence-corrected chi connectivity index (χ4v) is 3.31. The molecule has 0 bridgehead atoms. The highest BCUT2D eigenvalue weighted by Gasteiger charge is 2.19. The molecular weight excluding hydrogens is 372 g/mol. The van der Waals surface area contributed by atoms with Crippen LogP contribution in [0.2, 0.25) is 5.02 Å². The fourth-order valence-electron chi connectivity index (χ4n) is 3.18. The van der Waals surface area contributed by atoms with E-state index in [-0.39, 0.29) is 11.6 Å². The number of carbonyl (C=O) groups excluding carboxylic acids is 1. The van der Waals surface area contributed by atoms with Crippen LogP contribution in [0.4, 0.5) is 5.69 Å². The van der Waals surface area contributed by atoms with Crippen LogP contribution in [0.25, 0.3) is 0 Å². The fraction of sp³-hybridized carbons (Fsp3) is 0.273. The molecule has 3 rings (SSSR count). The zero-order valence-electron chi connectivity index (χ0n) is 15.6. The molecular formula is C22H23ClN4O. The van der Waals surface area contributed by atoms with Crippen molar-refractivity contribution in [3.05, 3.63) is 77.0 Å². The molecule has 0 spiro atoms. The average molecular weight is 395 g/mol. The van der Waals surface area contributed by atoms with E-state index in [4.69, 9.17) is 11.6 Å². The highest BCUT2D eigenvalue weighted by Crippen LogP contribution is 2.15. The van der Waals surface area contributed by atoms with Gasteiger partial charge in [-0.15, -0.1) is 0 Å². The van der Waals surface area contributed by atoms with E-state index in [0.717, 1.165) is 32.5 Å². The van der Waals surface area contributed by atoms with Gasteiger partial charge in [0.05, 0.1) is 0 Å². The molecule has 2 aromatic rings. The van der Waals surface area contributed by atoms with Crippen molar-refractivity contribution in [1.29, 1.82) is 5.26 Å². The SMILES string of the molecule is N#C/C(=C/NC1CCN(Cc2ccccc2)CC1)C(=O)Nc1ccc(Cl)cc1. The minimum atomic E-state index is -0.432. The van der Waals surface area contributed by atoms with Gasteiger partial charge in [-0.05, 0) is 42.7 Å². The van der Waals surface area contributed by atoms with Crippen LogP contribution in [-0.4, -0.2) is 29.9 Å². The summed E-state index contributed by atoms with van der Waals surface area (Å²) < 4.78 is 0. The smallest absolute Gasteiger partial charge is 0.267 e. The largest absolute Gasteiger partial charge is 0.387 e. The zero-order chi connectivity index (χ0) is 19.8. The van der Waals surface area contributed by atoms with E-state index in [1.54, 1.807) is 24.3 Å². The minimum Gasteiger partial charge on any atom is -0.387 e. The summed E-state index contributed by atoms with van der Waals surface area (Å²) in [6, 6.07) is 19.4. The lowest BCUT2D eigenvalue weighted by molar-refractivity contribution is -0.112. The van der Waals surface area contributed by atoms with Crippen LogP contribution in [0.5, 0.6) is 0 Å². The highest BCUT2D eigenvalue weighted by atomic mass is 35.5. The van der Waals surface area contributed by atoms with Gasteiger partial charge in [0.15, 0.2) is 0 Å². The number of hydrogen-bond donors (Lipinski definition) is 2. The molecule has 1 saturated heterocycles. The second-order valence-corrected chi connectivity index (χ2v) is 7.27. The molecule has 1 aliphatic heterocycles. The van der Waals surface area contributed by atoms with Gasteiger partial charge in [-0.3, -0.25) is 9.69 Å². The lowest BCUT2D eigenvalue weighted by Gasteiger charge is -2.32. The van der Waals surface area contributed by atoms with Gasteiger partial charge in [-0.25, -0.2) is 0 Å². The van der Waals surface area contributed by atoms with Crippen LogP contribution in [0.1, 0.15) is 18.4 Å². The number of nitrogens with one attached hydrogen (secondary N) is 2. The second kappa shape index (κ2) is 9.93. The Bertz CT molecular complexity index is 850. The molecule has 0 radical (unpaired) electrons. The summed E-state index contributed by atoms with van der Waals surface area (Å²) >= 11 is 5.84. The number of anilines is 1. The molecule has 6 heteroatoms. The number of halogens is 1. The molecule has 0 aliphatic carbocycles. The maximum Gasteiger partial charge on any atom is 0.267 e. The van der Waals surface area contributed by atoms with E-state index < -0.39 is 5.91 Å². The van der Waals surface area contributed by atoms with Gasteiger partial charge in [0.2, 0.25) is 0 Å². The Kier molecular flexibility index (Phi) is 7.07. The second-order valence-electron chi connectivity index (χ2n) is 6.83. The van der Waals surface area contributed by atoms with Crippen molar-refractivity contribution in [3.8, 4) is 6.07 Å². The third-order valence-electron chi connectivity index (χ3n) is 4.77. The Morgan fingerprint density at radius 3 is 2.46 bits per heavy atom. The third-order valence-corrected chi connectivity index (χ3v) is 5.02. The third kappa shape index (κ3) is 5.85. The van der Waals surface area contributed by atoms with Crippen LogP contribution in [-0.2, 0) is 11.3 Å². The molecule has 0 atom stereocenters. The molecule has 1 aliphatic rings. The first-order valence-electron chi connectivity index (χ1n) is 9.33. The number of amides is 1. The normalized spacial score (nSPS) is 15.6. The van der Waals surface area contributed by atoms with Crippen LogP contribution in [0, 0.1) is 11.3 Å². The van der Waals surface area contributed by atoms with Crippen molar-refractivity contribution in [1.82, 2.24) is 10.2 Å². The summed E-state index contributed by atoms with van der Waals surface area (Å²) in [6.07, 6.45) is 3.48. The van der Waals surface area contributed by atoms with Gasteiger partial charge in [0, 0.05) is 42.6 Å². The first-order chi connectivity index (χ1) is 13.6. The first-order valence-corrected chi connectivity index (χ1v) is 9.71. The maximum atomic E-state index is 12.3. The summed E-state index contributed by atoms with van der Waals surface area (Å²) in [7, 11) is 0. The van der Waals surface area contributed by atoms with E-state index in [9.17, 15) is 10.1 Å². The summed E-state index contributed by atoms with van der Waals surface area (Å²) in [4.78, 5) is 14.7. The molecule has 5 nitrogen and oxygen atoms in total. The summed E-state index contributed by atoms with van der Waals surface area (Å²) in [5, 5.41) is 15.8. The number of nitrogens with zero attached hydrogens (tertiary/aromatic N) is 2. The Morgan fingerprint density at radius 1 is 1.14 bits per heavy atom. The predicted molar refractivity (Wildman–Crippen MR) is 112 cm³/mol. The number of hydrogen-bond acceptors (Lipinski definition) is 4. The van der Waals surface area contributed by atoms with Gasteiger partial charge < -0.3 is 10.6 Å². The van der Waals surface area contributed by atoms with Crippen molar-refractivity contribution >= 4 is 23.2 Å². The Balaban J connectivity index is 1.48. The zero-order valence-corrected chi connectivity index (χ0v) is 16.3. The van der Waals surface area contributed by atoms with Crippen molar-refractivity contribution in [2.24, 2.45) is 0 Å². The predicted octanol–water partition coefficient (Wildman–Crippen LogP) is 3.94. The van der Waals surface area contributed by atoms with E-state index in [2.05, 4.69) is 39.8 Å². The Hall–Kier alpha value is -2.81. The van der Waals surface area contributed by atoms with E-state index in [1.165, 1.54) is 11.8 Å².